The molecule has 1 aliphatic carbocycles. The Bertz CT molecular complexity index is 1390. The summed E-state index contributed by atoms with van der Waals surface area (Å²) in [6.45, 7) is 4.47. The van der Waals surface area contributed by atoms with Crippen LogP contribution in [0.4, 0.5) is 18.9 Å². The molecule has 2 N–H and O–H groups in total. The van der Waals surface area contributed by atoms with Crippen LogP contribution in [-0.4, -0.2) is 67.3 Å². The maximum atomic E-state index is 13.6. The number of piperazine rings is 1. The van der Waals surface area contributed by atoms with Crippen LogP contribution in [0, 0.1) is 6.92 Å². The summed E-state index contributed by atoms with van der Waals surface area (Å²) in [4.78, 5) is 29.7. The summed E-state index contributed by atoms with van der Waals surface area (Å²) in [6.07, 6.45) is -2.62. The maximum absolute atomic E-state index is 13.6. The molecular formula is C32H34F3N3O3. The van der Waals surface area contributed by atoms with Gasteiger partial charge in [-0.3, -0.25) is 9.69 Å². The van der Waals surface area contributed by atoms with Crippen LogP contribution >= 0.6 is 0 Å². The first kappa shape index (κ1) is 28.7. The van der Waals surface area contributed by atoms with E-state index in [1.807, 2.05) is 61.5 Å². The predicted molar refractivity (Wildman–Crippen MR) is 152 cm³/mol. The number of halogens is 3. The van der Waals surface area contributed by atoms with Gasteiger partial charge in [0.05, 0.1) is 5.56 Å². The Hall–Kier alpha value is -3.85. The molecule has 9 heteroatoms. The lowest BCUT2D eigenvalue weighted by Gasteiger charge is -2.37. The lowest BCUT2D eigenvalue weighted by atomic mass is 9.73. The van der Waals surface area contributed by atoms with Gasteiger partial charge in [0, 0.05) is 31.9 Å². The summed E-state index contributed by atoms with van der Waals surface area (Å²) in [7, 11) is 0. The van der Waals surface area contributed by atoms with Gasteiger partial charge in [0.25, 0.3) is 0 Å². The predicted octanol–water partition coefficient (Wildman–Crippen LogP) is 5.63. The van der Waals surface area contributed by atoms with Crippen LogP contribution < -0.4 is 10.2 Å². The molecule has 6 nitrogen and oxygen atoms in total. The Balaban J connectivity index is 1.26. The maximum Gasteiger partial charge on any atom is 0.405 e. The summed E-state index contributed by atoms with van der Waals surface area (Å²) in [6, 6.07) is 20.4. The third-order valence-corrected chi connectivity index (χ3v) is 8.43. The van der Waals surface area contributed by atoms with Gasteiger partial charge in [-0.1, -0.05) is 61.0 Å². The number of fused-ring (bicyclic) bond motifs is 3. The number of anilines is 1. The molecule has 41 heavy (non-hydrogen) atoms. The number of aromatic carboxylic acids is 1. The molecule has 216 valence electrons. The van der Waals surface area contributed by atoms with Crippen molar-refractivity contribution in [3.05, 3.63) is 89.0 Å². The minimum atomic E-state index is -4.50. The van der Waals surface area contributed by atoms with E-state index in [2.05, 4.69) is 15.1 Å². The van der Waals surface area contributed by atoms with Gasteiger partial charge < -0.3 is 15.3 Å². The zero-order valence-electron chi connectivity index (χ0n) is 23.0. The monoisotopic (exact) mass is 565 g/mol. The van der Waals surface area contributed by atoms with Crippen LogP contribution in [0.15, 0.2) is 66.7 Å². The van der Waals surface area contributed by atoms with Crippen molar-refractivity contribution >= 4 is 17.6 Å². The molecule has 0 atom stereocenters. The van der Waals surface area contributed by atoms with Crippen LogP contribution in [0.5, 0.6) is 0 Å². The molecule has 0 aromatic heterocycles. The number of hydrogen-bond donors (Lipinski definition) is 2. The van der Waals surface area contributed by atoms with Crippen LogP contribution in [-0.2, 0) is 10.2 Å². The number of carbonyl (C=O) groups is 2. The lowest BCUT2D eigenvalue weighted by molar-refractivity contribution is -0.141. The Kier molecular flexibility index (Phi) is 8.09. The molecule has 1 saturated heterocycles. The molecule has 0 bridgehead atoms. The molecule has 2 aliphatic rings. The first-order valence-electron chi connectivity index (χ1n) is 14.0. The number of benzene rings is 3. The van der Waals surface area contributed by atoms with Crippen molar-refractivity contribution in [1.82, 2.24) is 10.2 Å². The average Bonchev–Trinajstić information content (AvgIpc) is 3.25. The molecular weight excluding hydrogens is 531 g/mol. The number of carbonyl (C=O) groups excluding carboxylic acids is 1. The molecule has 1 aliphatic heterocycles. The summed E-state index contributed by atoms with van der Waals surface area (Å²) >= 11 is 0. The fourth-order valence-electron chi connectivity index (χ4n) is 6.42. The third-order valence-electron chi connectivity index (χ3n) is 8.43. The highest BCUT2D eigenvalue weighted by Crippen LogP contribution is 2.51. The molecule has 0 saturated carbocycles. The van der Waals surface area contributed by atoms with E-state index in [9.17, 15) is 27.9 Å². The molecule has 0 spiro atoms. The Morgan fingerprint density at radius 2 is 1.49 bits per heavy atom. The van der Waals surface area contributed by atoms with E-state index in [0.29, 0.717) is 18.4 Å². The highest BCUT2D eigenvalue weighted by molar-refractivity contribution is 6.00. The van der Waals surface area contributed by atoms with E-state index < -0.39 is 30.0 Å². The Morgan fingerprint density at radius 1 is 0.878 bits per heavy atom. The van der Waals surface area contributed by atoms with Crippen molar-refractivity contribution in [2.24, 2.45) is 0 Å². The highest BCUT2D eigenvalue weighted by Gasteiger charge is 2.49. The minimum Gasteiger partial charge on any atom is -0.478 e. The molecule has 3 aromatic rings. The number of carboxylic acid groups (broad SMARTS) is 1. The number of alkyl halides is 3. The van der Waals surface area contributed by atoms with E-state index in [1.165, 1.54) is 0 Å². The molecule has 5 rings (SSSR count). The highest BCUT2D eigenvalue weighted by atomic mass is 19.4. The van der Waals surface area contributed by atoms with Gasteiger partial charge >= 0.3 is 12.1 Å². The average molecular weight is 566 g/mol. The molecule has 1 amide bonds. The number of hydrogen-bond acceptors (Lipinski definition) is 4. The lowest BCUT2D eigenvalue weighted by Crippen LogP contribution is -2.48. The zero-order chi connectivity index (χ0) is 29.2. The normalized spacial score (nSPS) is 16.2. The smallest absolute Gasteiger partial charge is 0.405 e. The van der Waals surface area contributed by atoms with Crippen molar-refractivity contribution in [3.63, 3.8) is 0 Å². The first-order chi connectivity index (χ1) is 19.6. The van der Waals surface area contributed by atoms with E-state index in [4.69, 9.17) is 0 Å². The van der Waals surface area contributed by atoms with Crippen LogP contribution in [0.3, 0.4) is 0 Å². The second-order valence-corrected chi connectivity index (χ2v) is 10.8. The minimum absolute atomic E-state index is 0.313. The van der Waals surface area contributed by atoms with Crippen LogP contribution in [0.1, 0.15) is 46.3 Å². The molecule has 1 heterocycles. The quantitative estimate of drug-likeness (QED) is 0.329. The van der Waals surface area contributed by atoms with Crippen LogP contribution in [0.2, 0.25) is 0 Å². The Morgan fingerprint density at radius 3 is 2.07 bits per heavy atom. The van der Waals surface area contributed by atoms with Crippen molar-refractivity contribution < 1.29 is 27.9 Å². The van der Waals surface area contributed by atoms with Crippen molar-refractivity contribution in [2.45, 2.75) is 37.8 Å². The van der Waals surface area contributed by atoms with Gasteiger partial charge in [-0.15, -0.1) is 0 Å². The molecule has 0 radical (unpaired) electrons. The number of carboxylic acids is 1. The Labute approximate surface area is 237 Å². The summed E-state index contributed by atoms with van der Waals surface area (Å²) in [5.41, 5.74) is 4.14. The second-order valence-electron chi connectivity index (χ2n) is 10.8. The topological polar surface area (TPSA) is 72.9 Å². The van der Waals surface area contributed by atoms with E-state index in [-0.39, 0.29) is 0 Å². The molecule has 3 aromatic carbocycles. The van der Waals surface area contributed by atoms with Gasteiger partial charge in [0.2, 0.25) is 5.91 Å². The summed E-state index contributed by atoms with van der Waals surface area (Å²) in [5, 5.41) is 11.7. The first-order valence-corrected chi connectivity index (χ1v) is 14.0. The number of amides is 1. The third kappa shape index (κ3) is 5.68. The van der Waals surface area contributed by atoms with E-state index in [1.54, 1.807) is 12.1 Å². The fourth-order valence-corrected chi connectivity index (χ4v) is 6.42. The van der Waals surface area contributed by atoms with Gasteiger partial charge in [-0.2, -0.15) is 13.2 Å². The fraction of sp³-hybridized carbons (Fsp3) is 0.375. The van der Waals surface area contributed by atoms with Gasteiger partial charge in [-0.05, 0) is 66.3 Å². The summed E-state index contributed by atoms with van der Waals surface area (Å²) < 4.78 is 39.3. The standard InChI is InChI=1S/C32H34F3N3O3/c1-22-23(29(39)40)11-8-14-28(22)38-19-17-37(18-20-38)16-7-6-15-31(30(41)36-21-32(33,34)35)26-12-4-2-9-24(26)25-10-3-5-13-27(25)31/h2-5,8-14H,6-7,15-21H2,1H3,(H,36,41)(H,39,40). The number of unbranched alkanes of at least 4 members (excludes halogenated alkanes) is 1. The number of nitrogens with zero attached hydrogens (tertiary/aromatic N) is 2. The molecule has 1 fully saturated rings. The largest absolute Gasteiger partial charge is 0.478 e. The van der Waals surface area contributed by atoms with Gasteiger partial charge in [-0.25, -0.2) is 4.79 Å². The van der Waals surface area contributed by atoms with E-state index >= 15 is 0 Å². The number of nitrogens with one attached hydrogen (secondary N) is 1. The van der Waals surface area contributed by atoms with Gasteiger partial charge in [0.1, 0.15) is 12.0 Å². The zero-order valence-corrected chi connectivity index (χ0v) is 23.0. The SMILES string of the molecule is Cc1c(C(=O)O)cccc1N1CCN(CCCCC2(C(=O)NCC(F)(F)F)c3ccccc3-c3ccccc32)CC1. The second kappa shape index (κ2) is 11.6. The van der Waals surface area contributed by atoms with Crippen molar-refractivity contribution in [1.29, 1.82) is 0 Å². The van der Waals surface area contributed by atoms with Gasteiger partial charge in [0.15, 0.2) is 0 Å². The van der Waals surface area contributed by atoms with Crippen LogP contribution in [0.25, 0.3) is 11.1 Å². The van der Waals surface area contributed by atoms with Crippen molar-refractivity contribution in [2.75, 3.05) is 44.2 Å². The number of rotatable bonds is 9. The molecule has 0 unspecified atom stereocenters. The van der Waals surface area contributed by atoms with Crippen molar-refractivity contribution in [3.8, 4) is 11.1 Å². The van der Waals surface area contributed by atoms with E-state index in [0.717, 1.165) is 72.6 Å². The summed E-state index contributed by atoms with van der Waals surface area (Å²) in [5.74, 6) is -1.54.